The van der Waals surface area contributed by atoms with Crippen molar-refractivity contribution in [1.29, 1.82) is 0 Å². The average molecular weight is 343 g/mol. The molecule has 0 bridgehead atoms. The van der Waals surface area contributed by atoms with E-state index in [-0.39, 0.29) is 5.56 Å². The fraction of sp³-hybridized carbons (Fsp3) is 0.167. The third-order valence-corrected chi connectivity index (χ3v) is 4.04. The van der Waals surface area contributed by atoms with Crippen molar-refractivity contribution in [3.8, 4) is 5.75 Å². The van der Waals surface area contributed by atoms with E-state index < -0.39 is 5.97 Å². The fourth-order valence-corrected chi connectivity index (χ4v) is 2.70. The van der Waals surface area contributed by atoms with Crippen LogP contribution in [0.5, 0.6) is 5.75 Å². The van der Waals surface area contributed by atoms with Crippen molar-refractivity contribution < 1.29 is 14.6 Å². The van der Waals surface area contributed by atoms with Gasteiger partial charge in [0, 0.05) is 10.5 Å². The molecule has 2 rings (SSSR count). The molecule has 0 spiro atoms. The average Bonchev–Trinajstić information content (AvgIpc) is 2.73. The number of methoxy groups -OCH3 is 1. The lowest BCUT2D eigenvalue weighted by atomic mass is 10.2. The summed E-state index contributed by atoms with van der Waals surface area (Å²) in [6, 6.07) is 5.42. The van der Waals surface area contributed by atoms with Gasteiger partial charge in [0.25, 0.3) is 0 Å². The molecule has 0 fully saturated rings. The smallest absolute Gasteiger partial charge is 0.340 e. The van der Waals surface area contributed by atoms with E-state index in [1.54, 1.807) is 20.1 Å². The molecule has 2 aromatic rings. The van der Waals surface area contributed by atoms with Crippen LogP contribution in [0.2, 0.25) is 0 Å². The van der Waals surface area contributed by atoms with Crippen LogP contribution >= 0.6 is 27.5 Å². The third-order valence-electron chi connectivity index (χ3n) is 2.50. The van der Waals surface area contributed by atoms with Gasteiger partial charge in [-0.25, -0.2) is 4.79 Å². The van der Waals surface area contributed by atoms with Gasteiger partial charge in [0.1, 0.15) is 16.3 Å². The normalized spacial score (nSPS) is 10.3. The van der Waals surface area contributed by atoms with Crippen LogP contribution in [0.15, 0.2) is 22.7 Å². The Bertz CT molecular complexity index is 627. The second kappa shape index (κ2) is 5.58. The number of carboxylic acids is 1. The molecular formula is C12H11BrN2O3S. The lowest BCUT2D eigenvalue weighted by Gasteiger charge is -2.09. The van der Waals surface area contributed by atoms with E-state index in [2.05, 4.69) is 25.6 Å². The second-order valence-corrected chi connectivity index (χ2v) is 5.38. The number of hydrogen-bond donors (Lipinski definition) is 2. The summed E-state index contributed by atoms with van der Waals surface area (Å²) in [5.74, 6) is -0.309. The molecule has 7 heteroatoms. The van der Waals surface area contributed by atoms with Crippen LogP contribution < -0.4 is 10.1 Å². The summed E-state index contributed by atoms with van der Waals surface area (Å²) in [7, 11) is 1.58. The van der Waals surface area contributed by atoms with Crippen molar-refractivity contribution in [2.75, 3.05) is 12.4 Å². The zero-order chi connectivity index (χ0) is 14.0. The second-order valence-electron chi connectivity index (χ2n) is 3.75. The number of hydrogen-bond acceptors (Lipinski definition) is 5. The number of aromatic carboxylic acids is 1. The van der Waals surface area contributed by atoms with Crippen LogP contribution in [-0.2, 0) is 0 Å². The molecule has 1 heterocycles. The topological polar surface area (TPSA) is 71.5 Å². The molecule has 5 nitrogen and oxygen atoms in total. The molecule has 0 aliphatic carbocycles. The van der Waals surface area contributed by atoms with Gasteiger partial charge < -0.3 is 15.2 Å². The lowest BCUT2D eigenvalue weighted by Crippen LogP contribution is -2.01. The summed E-state index contributed by atoms with van der Waals surface area (Å²) >= 11 is 4.52. The van der Waals surface area contributed by atoms with Crippen LogP contribution in [0.1, 0.15) is 16.1 Å². The van der Waals surface area contributed by atoms with Gasteiger partial charge in [0.15, 0.2) is 0 Å². The summed E-state index contributed by atoms with van der Waals surface area (Å²) in [6.45, 7) is 1.67. The summed E-state index contributed by atoms with van der Waals surface area (Å²) in [6.07, 6.45) is 0. The van der Waals surface area contributed by atoms with Gasteiger partial charge >= 0.3 is 5.97 Å². The maximum absolute atomic E-state index is 11.2. The van der Waals surface area contributed by atoms with Gasteiger partial charge in [-0.2, -0.15) is 4.37 Å². The van der Waals surface area contributed by atoms with E-state index in [0.29, 0.717) is 16.4 Å². The number of carboxylic acid groups (broad SMARTS) is 1. The van der Waals surface area contributed by atoms with Crippen molar-refractivity contribution in [3.05, 3.63) is 33.9 Å². The Kier molecular flexibility index (Phi) is 4.06. The molecule has 19 heavy (non-hydrogen) atoms. The highest BCUT2D eigenvalue weighted by molar-refractivity contribution is 9.10. The van der Waals surface area contributed by atoms with E-state index in [0.717, 1.165) is 21.7 Å². The van der Waals surface area contributed by atoms with Crippen LogP contribution in [-0.4, -0.2) is 22.6 Å². The Morgan fingerprint density at radius 1 is 1.53 bits per heavy atom. The van der Waals surface area contributed by atoms with E-state index in [9.17, 15) is 9.90 Å². The van der Waals surface area contributed by atoms with E-state index >= 15 is 0 Å². The van der Waals surface area contributed by atoms with Gasteiger partial charge in [-0.15, -0.1) is 0 Å². The predicted molar refractivity (Wildman–Crippen MR) is 77.8 cm³/mol. The van der Waals surface area contributed by atoms with Crippen molar-refractivity contribution in [2.24, 2.45) is 0 Å². The van der Waals surface area contributed by atoms with Crippen LogP contribution in [0.25, 0.3) is 0 Å². The van der Waals surface area contributed by atoms with E-state index in [1.807, 2.05) is 12.1 Å². The highest BCUT2D eigenvalue weighted by Gasteiger charge is 2.18. The highest BCUT2D eigenvalue weighted by Crippen LogP contribution is 2.33. The highest BCUT2D eigenvalue weighted by atomic mass is 79.9. The molecule has 0 radical (unpaired) electrons. The Balaban J connectivity index is 2.39. The van der Waals surface area contributed by atoms with Gasteiger partial charge in [-0.05, 0) is 46.5 Å². The molecule has 100 valence electrons. The molecule has 0 aliphatic heterocycles. The monoisotopic (exact) mass is 342 g/mol. The molecule has 0 amide bonds. The lowest BCUT2D eigenvalue weighted by molar-refractivity contribution is 0.0697. The minimum atomic E-state index is -0.993. The van der Waals surface area contributed by atoms with Gasteiger partial charge in [0.2, 0.25) is 0 Å². The number of nitrogens with one attached hydrogen (secondary N) is 1. The summed E-state index contributed by atoms with van der Waals surface area (Å²) < 4.78 is 10.0. The van der Waals surface area contributed by atoms with Gasteiger partial charge in [-0.3, -0.25) is 0 Å². The zero-order valence-electron chi connectivity index (χ0n) is 10.2. The SMILES string of the molecule is COc1ccc(Br)c(Nc2snc(C)c2C(=O)O)c1. The quantitative estimate of drug-likeness (QED) is 0.886. The number of ether oxygens (including phenoxy) is 1. The molecular weight excluding hydrogens is 332 g/mol. The third kappa shape index (κ3) is 2.87. The van der Waals surface area contributed by atoms with Gasteiger partial charge in [0.05, 0.1) is 18.5 Å². The summed E-state index contributed by atoms with van der Waals surface area (Å²) in [5, 5.41) is 12.7. The van der Waals surface area contributed by atoms with Crippen molar-refractivity contribution in [3.63, 3.8) is 0 Å². The Hall–Kier alpha value is -1.60. The molecule has 0 unspecified atom stereocenters. The first-order chi connectivity index (χ1) is 9.02. The number of aryl methyl sites for hydroxylation is 1. The Morgan fingerprint density at radius 3 is 2.89 bits per heavy atom. The number of halogens is 1. The number of nitrogens with zero attached hydrogens (tertiary/aromatic N) is 1. The maximum atomic E-state index is 11.2. The van der Waals surface area contributed by atoms with Crippen molar-refractivity contribution >= 4 is 44.1 Å². The predicted octanol–water partition coefficient (Wildman–Crippen LogP) is 3.66. The molecule has 0 saturated heterocycles. The molecule has 1 aromatic heterocycles. The number of anilines is 2. The number of aromatic nitrogens is 1. The first kappa shape index (κ1) is 13.8. The van der Waals surface area contributed by atoms with Crippen LogP contribution in [0.3, 0.4) is 0 Å². The molecule has 1 aromatic carbocycles. The number of rotatable bonds is 4. The largest absolute Gasteiger partial charge is 0.497 e. The number of carbonyl (C=O) groups is 1. The Labute approximate surface area is 122 Å². The molecule has 0 saturated carbocycles. The van der Waals surface area contributed by atoms with E-state index in [4.69, 9.17) is 4.74 Å². The van der Waals surface area contributed by atoms with E-state index in [1.165, 1.54) is 0 Å². The Morgan fingerprint density at radius 2 is 2.26 bits per heavy atom. The molecule has 2 N–H and O–H groups in total. The standard InChI is InChI=1S/C12H11BrN2O3S/c1-6-10(12(16)17)11(19-15-6)14-9-5-7(18-2)3-4-8(9)13/h3-5,14H,1-2H3,(H,16,17). The van der Waals surface area contributed by atoms with Gasteiger partial charge in [-0.1, -0.05) is 0 Å². The minimum absolute atomic E-state index is 0.194. The molecule has 0 aliphatic rings. The first-order valence-electron chi connectivity index (χ1n) is 5.33. The first-order valence-corrected chi connectivity index (χ1v) is 6.89. The summed E-state index contributed by atoms with van der Waals surface area (Å²) in [4.78, 5) is 11.2. The number of benzene rings is 1. The maximum Gasteiger partial charge on any atom is 0.340 e. The zero-order valence-corrected chi connectivity index (χ0v) is 12.6. The van der Waals surface area contributed by atoms with Crippen molar-refractivity contribution in [1.82, 2.24) is 4.37 Å². The minimum Gasteiger partial charge on any atom is -0.497 e. The van der Waals surface area contributed by atoms with Crippen molar-refractivity contribution in [2.45, 2.75) is 6.92 Å². The van der Waals surface area contributed by atoms with Crippen LogP contribution in [0, 0.1) is 6.92 Å². The van der Waals surface area contributed by atoms with Crippen LogP contribution in [0.4, 0.5) is 10.7 Å². The summed E-state index contributed by atoms with van der Waals surface area (Å²) in [5.41, 5.74) is 1.42. The fourth-order valence-electron chi connectivity index (χ4n) is 1.56. The molecule has 0 atom stereocenters.